The van der Waals surface area contributed by atoms with Crippen molar-refractivity contribution in [2.75, 3.05) is 11.1 Å². The van der Waals surface area contributed by atoms with Crippen LogP contribution in [0.15, 0.2) is 36.5 Å². The summed E-state index contributed by atoms with van der Waals surface area (Å²) in [6.07, 6.45) is 2.03. The normalized spacial score (nSPS) is 10.2. The van der Waals surface area contributed by atoms with E-state index in [1.807, 2.05) is 30.3 Å². The molecule has 0 aliphatic rings. The highest BCUT2D eigenvalue weighted by atomic mass is 32.1. The third kappa shape index (κ3) is 3.07. The van der Waals surface area contributed by atoms with Crippen molar-refractivity contribution in [1.82, 2.24) is 15.0 Å². The Kier molecular flexibility index (Phi) is 3.77. The van der Waals surface area contributed by atoms with Gasteiger partial charge in [0.1, 0.15) is 0 Å². The highest BCUT2D eigenvalue weighted by Crippen LogP contribution is 2.08. The smallest absolute Gasteiger partial charge is 0.226 e. The average molecular weight is 248 g/mol. The van der Waals surface area contributed by atoms with Gasteiger partial charge in [0.05, 0.1) is 11.9 Å². The van der Waals surface area contributed by atoms with Crippen molar-refractivity contribution in [3.63, 3.8) is 0 Å². The molecule has 0 aliphatic heterocycles. The van der Waals surface area contributed by atoms with E-state index in [4.69, 9.17) is 0 Å². The minimum atomic E-state index is -0.111. The lowest BCUT2D eigenvalue weighted by atomic mass is 10.3. The predicted octanol–water partition coefficient (Wildman–Crippen LogP) is 1.53. The first-order valence-electron chi connectivity index (χ1n) is 5.18. The second kappa shape index (κ2) is 5.49. The van der Waals surface area contributed by atoms with Gasteiger partial charge in [-0.15, -0.1) is 5.10 Å². The Morgan fingerprint density at radius 1 is 1.35 bits per heavy atom. The zero-order valence-corrected chi connectivity index (χ0v) is 9.97. The first-order valence-corrected chi connectivity index (χ1v) is 5.81. The van der Waals surface area contributed by atoms with E-state index in [9.17, 15) is 4.79 Å². The third-order valence-electron chi connectivity index (χ3n) is 2.12. The molecular weight excluding hydrogens is 236 g/mol. The Labute approximate surface area is 104 Å². The third-order valence-corrected chi connectivity index (χ3v) is 2.34. The van der Waals surface area contributed by atoms with Gasteiger partial charge in [0.15, 0.2) is 5.82 Å². The van der Waals surface area contributed by atoms with E-state index in [1.165, 1.54) is 0 Å². The van der Waals surface area contributed by atoms with Crippen LogP contribution in [0.1, 0.15) is 6.42 Å². The van der Waals surface area contributed by atoms with Gasteiger partial charge >= 0.3 is 0 Å². The van der Waals surface area contributed by atoms with Gasteiger partial charge in [-0.1, -0.05) is 23.4 Å². The number of carbonyl (C=O) groups excluding carboxylic acids is 1. The largest absolute Gasteiger partial charge is 0.308 e. The van der Waals surface area contributed by atoms with Crippen molar-refractivity contribution >= 4 is 24.4 Å². The lowest BCUT2D eigenvalue weighted by molar-refractivity contribution is -0.115. The van der Waals surface area contributed by atoms with Crippen LogP contribution in [0.25, 0.3) is 5.69 Å². The van der Waals surface area contributed by atoms with Crippen LogP contribution in [0, 0.1) is 0 Å². The molecular formula is C11H12N4OS. The summed E-state index contributed by atoms with van der Waals surface area (Å²) in [5.41, 5.74) is 0.898. The van der Waals surface area contributed by atoms with Gasteiger partial charge in [-0.2, -0.15) is 12.6 Å². The van der Waals surface area contributed by atoms with E-state index in [0.717, 1.165) is 5.69 Å². The lowest BCUT2D eigenvalue weighted by Gasteiger charge is -1.98. The number of hydrogen-bond donors (Lipinski definition) is 2. The number of rotatable bonds is 4. The Morgan fingerprint density at radius 2 is 2.12 bits per heavy atom. The zero-order chi connectivity index (χ0) is 12.1. The molecule has 0 bridgehead atoms. The average Bonchev–Trinajstić information content (AvgIpc) is 2.79. The molecule has 1 N–H and O–H groups in total. The molecule has 2 rings (SSSR count). The molecule has 5 nitrogen and oxygen atoms in total. The van der Waals surface area contributed by atoms with Crippen LogP contribution in [0.5, 0.6) is 0 Å². The van der Waals surface area contributed by atoms with Crippen molar-refractivity contribution in [2.24, 2.45) is 0 Å². The van der Waals surface area contributed by atoms with Gasteiger partial charge in [0.2, 0.25) is 5.91 Å². The van der Waals surface area contributed by atoms with E-state index in [1.54, 1.807) is 10.9 Å². The first-order chi connectivity index (χ1) is 8.29. The SMILES string of the molecule is O=C(CCS)Nc1cn(-c2ccccc2)nn1. The Morgan fingerprint density at radius 3 is 2.82 bits per heavy atom. The molecule has 0 atom stereocenters. The molecule has 1 amide bonds. The van der Waals surface area contributed by atoms with Crippen LogP contribution in [0.3, 0.4) is 0 Å². The molecule has 6 heteroatoms. The van der Waals surface area contributed by atoms with Crippen LogP contribution >= 0.6 is 12.6 Å². The summed E-state index contributed by atoms with van der Waals surface area (Å²) in [6, 6.07) is 9.57. The minimum absolute atomic E-state index is 0.111. The molecule has 0 fully saturated rings. The molecule has 0 saturated heterocycles. The maximum Gasteiger partial charge on any atom is 0.226 e. The number of nitrogens with one attached hydrogen (secondary N) is 1. The topological polar surface area (TPSA) is 59.8 Å². The van der Waals surface area contributed by atoms with E-state index < -0.39 is 0 Å². The fraction of sp³-hybridized carbons (Fsp3) is 0.182. The number of para-hydroxylation sites is 1. The van der Waals surface area contributed by atoms with E-state index in [-0.39, 0.29) is 5.91 Å². The second-order valence-electron chi connectivity index (χ2n) is 3.41. The molecule has 17 heavy (non-hydrogen) atoms. The summed E-state index contributed by atoms with van der Waals surface area (Å²) in [6.45, 7) is 0. The summed E-state index contributed by atoms with van der Waals surface area (Å²) < 4.78 is 1.61. The number of thiol groups is 1. The van der Waals surface area contributed by atoms with Crippen LogP contribution in [0.2, 0.25) is 0 Å². The van der Waals surface area contributed by atoms with Crippen molar-refractivity contribution in [3.8, 4) is 5.69 Å². The highest BCUT2D eigenvalue weighted by molar-refractivity contribution is 7.80. The zero-order valence-electron chi connectivity index (χ0n) is 9.08. The van der Waals surface area contributed by atoms with Crippen LogP contribution in [0.4, 0.5) is 5.82 Å². The second-order valence-corrected chi connectivity index (χ2v) is 3.85. The Bertz CT molecular complexity index is 497. The molecule has 2 aromatic rings. The molecule has 0 spiro atoms. The predicted molar refractivity (Wildman–Crippen MR) is 68.5 cm³/mol. The number of nitrogens with zero attached hydrogens (tertiary/aromatic N) is 3. The van der Waals surface area contributed by atoms with Crippen molar-refractivity contribution in [3.05, 3.63) is 36.5 Å². The van der Waals surface area contributed by atoms with Crippen molar-refractivity contribution in [2.45, 2.75) is 6.42 Å². The van der Waals surface area contributed by atoms with Crippen molar-refractivity contribution in [1.29, 1.82) is 0 Å². The number of aromatic nitrogens is 3. The summed E-state index contributed by atoms with van der Waals surface area (Å²) in [5.74, 6) is 0.847. The standard InChI is InChI=1S/C11H12N4OS/c16-11(6-7-17)12-10-8-15(14-13-10)9-4-2-1-3-5-9/h1-5,8,17H,6-7H2,(H,12,16). The number of benzene rings is 1. The maximum absolute atomic E-state index is 11.3. The lowest BCUT2D eigenvalue weighted by Crippen LogP contribution is -2.11. The maximum atomic E-state index is 11.3. The highest BCUT2D eigenvalue weighted by Gasteiger charge is 2.05. The molecule has 0 radical (unpaired) electrons. The first kappa shape index (κ1) is 11.7. The van der Waals surface area contributed by atoms with E-state index in [0.29, 0.717) is 18.0 Å². The fourth-order valence-electron chi connectivity index (χ4n) is 1.33. The molecule has 0 saturated carbocycles. The molecule has 88 valence electrons. The summed E-state index contributed by atoms with van der Waals surface area (Å²) >= 11 is 3.99. The molecule has 1 aromatic carbocycles. The molecule has 1 heterocycles. The number of hydrogen-bond acceptors (Lipinski definition) is 4. The van der Waals surface area contributed by atoms with Gasteiger partial charge in [-0.3, -0.25) is 4.79 Å². The minimum Gasteiger partial charge on any atom is -0.308 e. The molecule has 0 unspecified atom stereocenters. The van der Waals surface area contributed by atoms with Gasteiger partial charge in [-0.05, 0) is 17.9 Å². The van der Waals surface area contributed by atoms with E-state index in [2.05, 4.69) is 28.3 Å². The summed E-state index contributed by atoms with van der Waals surface area (Å²) in [7, 11) is 0. The Hall–Kier alpha value is -1.82. The quantitative estimate of drug-likeness (QED) is 0.807. The van der Waals surface area contributed by atoms with Crippen LogP contribution < -0.4 is 5.32 Å². The Balaban J connectivity index is 2.09. The van der Waals surface area contributed by atoms with Gasteiger partial charge < -0.3 is 5.32 Å². The van der Waals surface area contributed by atoms with Crippen molar-refractivity contribution < 1.29 is 4.79 Å². The number of anilines is 1. The van der Waals surface area contributed by atoms with Crippen LogP contribution in [-0.4, -0.2) is 26.7 Å². The van der Waals surface area contributed by atoms with Crippen LogP contribution in [-0.2, 0) is 4.79 Å². The fourth-order valence-corrected chi connectivity index (χ4v) is 1.54. The summed E-state index contributed by atoms with van der Waals surface area (Å²) in [4.78, 5) is 11.3. The van der Waals surface area contributed by atoms with E-state index >= 15 is 0 Å². The van der Waals surface area contributed by atoms with Gasteiger partial charge in [-0.25, -0.2) is 4.68 Å². The molecule has 1 aromatic heterocycles. The monoisotopic (exact) mass is 248 g/mol. The number of carbonyl (C=O) groups is 1. The number of amides is 1. The van der Waals surface area contributed by atoms with Gasteiger partial charge in [0.25, 0.3) is 0 Å². The van der Waals surface area contributed by atoms with Gasteiger partial charge in [0, 0.05) is 6.42 Å². The molecule has 0 aliphatic carbocycles. The summed E-state index contributed by atoms with van der Waals surface area (Å²) in [5, 5.41) is 10.5.